The molecule has 1 heterocycles. The third kappa shape index (κ3) is 3.11. The highest BCUT2D eigenvalue weighted by molar-refractivity contribution is 7.10. The molecule has 1 N–H and O–H groups in total. The fraction of sp³-hybridized carbons (Fsp3) is 0.231. The van der Waals surface area contributed by atoms with E-state index >= 15 is 0 Å². The van der Waals surface area contributed by atoms with Gasteiger partial charge in [-0.3, -0.25) is 0 Å². The number of rotatable bonds is 2. The number of aliphatic hydroxyl groups excluding tert-OH is 1. The summed E-state index contributed by atoms with van der Waals surface area (Å²) in [4.78, 5) is 0.604. The van der Waals surface area contributed by atoms with Gasteiger partial charge in [-0.2, -0.15) is 13.2 Å². The molecule has 0 radical (unpaired) electrons. The van der Waals surface area contributed by atoms with E-state index in [1.807, 2.05) is 0 Å². The second-order valence-electron chi connectivity index (χ2n) is 4.14. The van der Waals surface area contributed by atoms with E-state index < -0.39 is 17.8 Å². The van der Waals surface area contributed by atoms with E-state index in [-0.39, 0.29) is 0 Å². The number of hydrogen-bond acceptors (Lipinski definition) is 2. The lowest BCUT2D eigenvalue weighted by Gasteiger charge is -2.14. The van der Waals surface area contributed by atoms with Crippen LogP contribution in [0.2, 0.25) is 5.02 Å². The summed E-state index contributed by atoms with van der Waals surface area (Å²) in [6.45, 7) is 1.54. The van der Waals surface area contributed by atoms with Crippen LogP contribution < -0.4 is 0 Å². The van der Waals surface area contributed by atoms with E-state index in [0.717, 1.165) is 12.1 Å². The monoisotopic (exact) mass is 306 g/mol. The van der Waals surface area contributed by atoms with E-state index in [4.69, 9.17) is 11.6 Å². The summed E-state index contributed by atoms with van der Waals surface area (Å²) in [7, 11) is 0. The maximum Gasteiger partial charge on any atom is 0.416 e. The van der Waals surface area contributed by atoms with Crippen molar-refractivity contribution in [3.8, 4) is 0 Å². The van der Waals surface area contributed by atoms with Crippen molar-refractivity contribution in [2.75, 3.05) is 0 Å². The summed E-state index contributed by atoms with van der Waals surface area (Å²) in [6, 6.07) is 4.92. The Morgan fingerprint density at radius 1 is 1.26 bits per heavy atom. The molecule has 1 aromatic carbocycles. The summed E-state index contributed by atoms with van der Waals surface area (Å²) < 4.78 is 37.6. The van der Waals surface area contributed by atoms with Crippen LogP contribution in [0.4, 0.5) is 13.2 Å². The molecule has 102 valence electrons. The van der Waals surface area contributed by atoms with Crippen LogP contribution in [-0.2, 0) is 6.18 Å². The standard InChI is InChI=1S/C13H10ClF3OS/c1-7-4-8(13(15,16)17)2-3-10(7)12(18)11-5-9(14)6-19-11/h2-6,12,18H,1H3. The highest BCUT2D eigenvalue weighted by Gasteiger charge is 2.31. The van der Waals surface area contributed by atoms with E-state index in [2.05, 4.69) is 0 Å². The van der Waals surface area contributed by atoms with Gasteiger partial charge in [0.15, 0.2) is 0 Å². The lowest BCUT2D eigenvalue weighted by atomic mass is 9.99. The molecule has 0 aliphatic carbocycles. The molecule has 6 heteroatoms. The Morgan fingerprint density at radius 2 is 1.95 bits per heavy atom. The Balaban J connectivity index is 2.36. The van der Waals surface area contributed by atoms with Crippen molar-refractivity contribution in [1.82, 2.24) is 0 Å². The van der Waals surface area contributed by atoms with Crippen LogP contribution in [0.25, 0.3) is 0 Å². The summed E-state index contributed by atoms with van der Waals surface area (Å²) in [5, 5.41) is 12.3. The predicted molar refractivity (Wildman–Crippen MR) is 69.6 cm³/mol. The molecule has 0 amide bonds. The molecule has 1 aromatic heterocycles. The number of aryl methyl sites for hydroxylation is 1. The topological polar surface area (TPSA) is 20.2 Å². The SMILES string of the molecule is Cc1cc(C(F)(F)F)ccc1C(O)c1cc(Cl)cs1. The number of halogens is 4. The van der Waals surface area contributed by atoms with Crippen LogP contribution in [0, 0.1) is 6.92 Å². The zero-order valence-electron chi connectivity index (χ0n) is 9.83. The molecule has 0 aliphatic rings. The summed E-state index contributed by atoms with van der Waals surface area (Å²) >= 11 is 7.03. The number of benzene rings is 1. The van der Waals surface area contributed by atoms with Gasteiger partial charge in [-0.1, -0.05) is 17.7 Å². The second kappa shape index (κ2) is 5.15. The van der Waals surface area contributed by atoms with Crippen LogP contribution in [0.5, 0.6) is 0 Å². The number of hydrogen-bond donors (Lipinski definition) is 1. The Hall–Kier alpha value is -1.04. The fourth-order valence-electron chi connectivity index (χ4n) is 1.78. The van der Waals surface area contributed by atoms with Gasteiger partial charge in [-0.25, -0.2) is 0 Å². The van der Waals surface area contributed by atoms with Crippen LogP contribution in [0.15, 0.2) is 29.6 Å². The Kier molecular flexibility index (Phi) is 3.90. The maximum absolute atomic E-state index is 12.5. The van der Waals surface area contributed by atoms with Crippen LogP contribution >= 0.6 is 22.9 Å². The van der Waals surface area contributed by atoms with Crippen molar-refractivity contribution in [2.24, 2.45) is 0 Å². The van der Waals surface area contributed by atoms with Gasteiger partial charge in [-0.05, 0) is 36.2 Å². The molecule has 2 aromatic rings. The van der Waals surface area contributed by atoms with Gasteiger partial charge in [-0.15, -0.1) is 11.3 Å². The minimum Gasteiger partial charge on any atom is -0.383 e. The van der Waals surface area contributed by atoms with Crippen LogP contribution in [0.1, 0.15) is 27.7 Å². The Morgan fingerprint density at radius 3 is 2.42 bits per heavy atom. The van der Waals surface area contributed by atoms with Gasteiger partial charge >= 0.3 is 6.18 Å². The lowest BCUT2D eigenvalue weighted by Crippen LogP contribution is -2.07. The van der Waals surface area contributed by atoms with E-state index in [0.29, 0.717) is 21.0 Å². The largest absolute Gasteiger partial charge is 0.416 e. The Bertz CT molecular complexity index is 592. The minimum atomic E-state index is -4.37. The quantitative estimate of drug-likeness (QED) is 0.844. The fourth-order valence-corrected chi connectivity index (χ4v) is 2.87. The van der Waals surface area contributed by atoms with Crippen molar-refractivity contribution in [3.63, 3.8) is 0 Å². The molecule has 1 nitrogen and oxygen atoms in total. The predicted octanol–water partition coefficient (Wildman–Crippen LogP) is 4.81. The summed E-state index contributed by atoms with van der Waals surface area (Å²) in [5.74, 6) is 0. The molecule has 2 rings (SSSR count). The number of aliphatic hydroxyl groups is 1. The second-order valence-corrected chi connectivity index (χ2v) is 5.52. The van der Waals surface area contributed by atoms with Crippen molar-refractivity contribution in [2.45, 2.75) is 19.2 Å². The zero-order valence-corrected chi connectivity index (χ0v) is 11.4. The molecule has 0 aliphatic heterocycles. The van der Waals surface area contributed by atoms with Gasteiger partial charge in [0.2, 0.25) is 0 Å². The average Bonchev–Trinajstić information content (AvgIpc) is 2.73. The molecule has 1 atom stereocenters. The first-order chi connectivity index (χ1) is 8.79. The zero-order chi connectivity index (χ0) is 14.2. The maximum atomic E-state index is 12.5. The average molecular weight is 307 g/mol. The molecule has 1 unspecified atom stereocenters. The third-order valence-corrected chi connectivity index (χ3v) is 4.08. The first-order valence-corrected chi connectivity index (χ1v) is 6.64. The molecule has 0 fully saturated rings. The van der Waals surface area contributed by atoms with Gasteiger partial charge in [0.05, 0.1) is 10.6 Å². The highest BCUT2D eigenvalue weighted by Crippen LogP contribution is 2.35. The van der Waals surface area contributed by atoms with Gasteiger partial charge in [0, 0.05) is 10.3 Å². The highest BCUT2D eigenvalue weighted by atomic mass is 35.5. The number of alkyl halides is 3. The van der Waals surface area contributed by atoms with Gasteiger partial charge in [0.25, 0.3) is 0 Å². The summed E-state index contributed by atoms with van der Waals surface area (Å²) in [6.07, 6.45) is -5.33. The van der Waals surface area contributed by atoms with Crippen molar-refractivity contribution in [1.29, 1.82) is 0 Å². The Labute approximate surface area is 117 Å². The van der Waals surface area contributed by atoms with Crippen molar-refractivity contribution >= 4 is 22.9 Å². The van der Waals surface area contributed by atoms with E-state index in [9.17, 15) is 18.3 Å². The van der Waals surface area contributed by atoms with Crippen LogP contribution in [0.3, 0.4) is 0 Å². The molecule has 0 saturated heterocycles. The van der Waals surface area contributed by atoms with Gasteiger partial charge < -0.3 is 5.11 Å². The molecular formula is C13H10ClF3OS. The first kappa shape index (κ1) is 14.4. The molecule has 0 saturated carbocycles. The van der Waals surface area contributed by atoms with Crippen molar-refractivity contribution in [3.05, 3.63) is 56.2 Å². The van der Waals surface area contributed by atoms with Crippen LogP contribution in [-0.4, -0.2) is 5.11 Å². The molecule has 19 heavy (non-hydrogen) atoms. The summed E-state index contributed by atoms with van der Waals surface area (Å²) in [5.41, 5.74) is 0.128. The lowest BCUT2D eigenvalue weighted by molar-refractivity contribution is -0.137. The minimum absolute atomic E-state index is 0.395. The molecule has 0 spiro atoms. The normalized spacial score (nSPS) is 13.6. The first-order valence-electron chi connectivity index (χ1n) is 5.39. The van der Waals surface area contributed by atoms with E-state index in [1.165, 1.54) is 17.4 Å². The van der Waals surface area contributed by atoms with Crippen molar-refractivity contribution < 1.29 is 18.3 Å². The molecule has 0 bridgehead atoms. The smallest absolute Gasteiger partial charge is 0.383 e. The molecular weight excluding hydrogens is 297 g/mol. The third-order valence-electron chi connectivity index (χ3n) is 2.75. The number of thiophene rings is 1. The van der Waals surface area contributed by atoms with E-state index in [1.54, 1.807) is 18.4 Å². The van der Waals surface area contributed by atoms with Gasteiger partial charge in [0.1, 0.15) is 6.10 Å².